The Morgan fingerprint density at radius 3 is 2.39 bits per heavy atom. The molecular weight excluding hydrogens is 300 g/mol. The van der Waals surface area contributed by atoms with Gasteiger partial charge in [-0.05, 0) is 43.2 Å². The van der Waals surface area contributed by atoms with Crippen LogP contribution in [-0.4, -0.2) is 52.7 Å². The summed E-state index contributed by atoms with van der Waals surface area (Å²) in [6.45, 7) is 9.72. The predicted molar refractivity (Wildman–Crippen MR) is 85.6 cm³/mol. The van der Waals surface area contributed by atoms with Crippen molar-refractivity contribution in [2.24, 2.45) is 0 Å². The van der Waals surface area contributed by atoms with Crippen molar-refractivity contribution < 1.29 is 14.5 Å². The first kappa shape index (κ1) is 17.0. The fraction of sp³-hybridized carbons (Fsp3) is 0.600. The number of carbonyl (C=O) groups is 1. The van der Waals surface area contributed by atoms with E-state index in [0.717, 1.165) is 11.3 Å². The second-order valence-electron chi connectivity index (χ2n) is 6.54. The minimum atomic E-state index is -0.507. The number of aromatic nitrogens is 1. The summed E-state index contributed by atoms with van der Waals surface area (Å²) in [5.41, 5.74) is 1.16. The van der Waals surface area contributed by atoms with Crippen LogP contribution in [0.25, 0.3) is 0 Å². The van der Waals surface area contributed by atoms with Gasteiger partial charge in [0.1, 0.15) is 5.60 Å². The van der Waals surface area contributed by atoms with E-state index >= 15 is 0 Å². The van der Waals surface area contributed by atoms with Crippen molar-refractivity contribution in [1.82, 2.24) is 9.88 Å². The number of hydrogen-bond donors (Lipinski definition) is 0. The Kier molecular flexibility index (Phi) is 4.72. The summed E-state index contributed by atoms with van der Waals surface area (Å²) in [5.74, 6) is -0.154. The Hall–Kier alpha value is -2.38. The maximum Gasteiger partial charge on any atom is 0.410 e. The van der Waals surface area contributed by atoms with Gasteiger partial charge in [-0.25, -0.2) is 4.79 Å². The molecule has 23 heavy (non-hydrogen) atoms. The molecule has 2 rings (SSSR count). The van der Waals surface area contributed by atoms with E-state index in [4.69, 9.17) is 4.74 Å². The lowest BCUT2D eigenvalue weighted by Gasteiger charge is -2.36. The van der Waals surface area contributed by atoms with Crippen LogP contribution < -0.4 is 4.90 Å². The fourth-order valence-electron chi connectivity index (χ4n) is 2.42. The number of ether oxygens (including phenoxy) is 1. The van der Waals surface area contributed by atoms with Crippen LogP contribution in [0.15, 0.2) is 12.3 Å². The average Bonchev–Trinajstić information content (AvgIpc) is 2.45. The Labute approximate surface area is 135 Å². The monoisotopic (exact) mass is 322 g/mol. The van der Waals surface area contributed by atoms with E-state index in [-0.39, 0.29) is 11.9 Å². The van der Waals surface area contributed by atoms with E-state index in [1.54, 1.807) is 4.90 Å². The molecule has 1 aliphatic rings. The highest BCUT2D eigenvalue weighted by Gasteiger charge is 2.27. The van der Waals surface area contributed by atoms with Crippen LogP contribution in [0.3, 0.4) is 0 Å². The molecule has 2 heterocycles. The number of nitro groups is 1. The van der Waals surface area contributed by atoms with Crippen LogP contribution in [0.4, 0.5) is 16.3 Å². The molecular formula is C15H22N4O4. The smallest absolute Gasteiger partial charge is 0.410 e. The lowest BCUT2D eigenvalue weighted by atomic mass is 10.2. The van der Waals surface area contributed by atoms with Crippen LogP contribution >= 0.6 is 0 Å². The molecule has 0 spiro atoms. The highest BCUT2D eigenvalue weighted by atomic mass is 16.6. The van der Waals surface area contributed by atoms with Crippen molar-refractivity contribution in [1.29, 1.82) is 0 Å². The van der Waals surface area contributed by atoms with Gasteiger partial charge in [0.25, 0.3) is 0 Å². The van der Waals surface area contributed by atoms with Gasteiger partial charge in [0.15, 0.2) is 6.20 Å². The van der Waals surface area contributed by atoms with Crippen LogP contribution in [-0.2, 0) is 4.74 Å². The van der Waals surface area contributed by atoms with E-state index in [1.807, 2.05) is 27.7 Å². The molecule has 1 aromatic rings. The first-order valence-electron chi connectivity index (χ1n) is 7.51. The van der Waals surface area contributed by atoms with Crippen LogP contribution in [0, 0.1) is 17.0 Å². The van der Waals surface area contributed by atoms with E-state index in [9.17, 15) is 14.9 Å². The highest BCUT2D eigenvalue weighted by molar-refractivity contribution is 5.68. The van der Waals surface area contributed by atoms with Gasteiger partial charge < -0.3 is 24.7 Å². The van der Waals surface area contributed by atoms with Gasteiger partial charge in [-0.1, -0.05) is 0 Å². The van der Waals surface area contributed by atoms with Crippen LogP contribution in [0.1, 0.15) is 26.3 Å². The molecule has 0 bridgehead atoms. The van der Waals surface area contributed by atoms with Crippen molar-refractivity contribution in [3.05, 3.63) is 27.9 Å². The molecule has 1 aliphatic heterocycles. The Balaban J connectivity index is 1.99. The summed E-state index contributed by atoms with van der Waals surface area (Å²) in [7, 11) is 0. The molecule has 126 valence electrons. The quantitative estimate of drug-likeness (QED) is 0.613. The third-order valence-corrected chi connectivity index (χ3v) is 3.53. The zero-order valence-electron chi connectivity index (χ0n) is 13.9. The van der Waals surface area contributed by atoms with E-state index in [0.29, 0.717) is 26.2 Å². The number of nitrogens with zero attached hydrogens (tertiary/aromatic N) is 4. The first-order valence-corrected chi connectivity index (χ1v) is 7.51. The van der Waals surface area contributed by atoms with Crippen LogP contribution in [0.5, 0.6) is 0 Å². The van der Waals surface area contributed by atoms with Gasteiger partial charge >= 0.3 is 11.9 Å². The normalized spacial score (nSPS) is 15.5. The standard InChI is InChI=1S/C15H22N4O4/c1-11-9-13(19(21)22)16-10-12(11)17-5-7-18(8-6-17)14(20)23-15(2,3)4/h9-10H,5-8H2,1-4H3. The number of rotatable bonds is 2. The molecule has 0 unspecified atom stereocenters. The molecule has 0 aromatic carbocycles. The van der Waals surface area contributed by atoms with E-state index in [1.165, 1.54) is 12.3 Å². The van der Waals surface area contributed by atoms with Crippen molar-refractivity contribution in [2.75, 3.05) is 31.1 Å². The molecule has 0 N–H and O–H groups in total. The van der Waals surface area contributed by atoms with Gasteiger partial charge in [0, 0.05) is 32.2 Å². The van der Waals surface area contributed by atoms with E-state index in [2.05, 4.69) is 9.88 Å². The summed E-state index contributed by atoms with van der Waals surface area (Å²) in [6.07, 6.45) is 1.21. The maximum atomic E-state index is 12.0. The maximum absolute atomic E-state index is 12.0. The Morgan fingerprint density at radius 2 is 1.91 bits per heavy atom. The molecule has 8 heteroatoms. The topological polar surface area (TPSA) is 88.8 Å². The van der Waals surface area contributed by atoms with Crippen molar-refractivity contribution >= 4 is 17.6 Å². The largest absolute Gasteiger partial charge is 0.444 e. The Morgan fingerprint density at radius 1 is 1.30 bits per heavy atom. The Bertz CT molecular complexity index is 604. The van der Waals surface area contributed by atoms with Gasteiger partial charge in [-0.15, -0.1) is 0 Å². The number of amides is 1. The lowest BCUT2D eigenvalue weighted by molar-refractivity contribution is -0.389. The summed E-state index contributed by atoms with van der Waals surface area (Å²) in [6, 6.07) is 1.47. The molecule has 1 amide bonds. The third-order valence-electron chi connectivity index (χ3n) is 3.53. The van der Waals surface area contributed by atoms with Gasteiger partial charge in [-0.2, -0.15) is 0 Å². The molecule has 0 saturated carbocycles. The van der Waals surface area contributed by atoms with Crippen molar-refractivity contribution in [3.8, 4) is 0 Å². The summed E-state index contributed by atoms with van der Waals surface area (Å²) < 4.78 is 5.37. The average molecular weight is 322 g/mol. The summed E-state index contributed by atoms with van der Waals surface area (Å²) in [5, 5.41) is 10.7. The zero-order chi connectivity index (χ0) is 17.2. The second-order valence-corrected chi connectivity index (χ2v) is 6.54. The third kappa shape index (κ3) is 4.30. The first-order chi connectivity index (χ1) is 10.7. The predicted octanol–water partition coefficient (Wildman–Crippen LogP) is 2.36. The summed E-state index contributed by atoms with van der Waals surface area (Å²) >= 11 is 0. The van der Waals surface area contributed by atoms with Gasteiger partial charge in [-0.3, -0.25) is 0 Å². The molecule has 0 radical (unpaired) electrons. The molecule has 1 aromatic heterocycles. The number of carbonyl (C=O) groups excluding carboxylic acids is 1. The van der Waals surface area contributed by atoms with Crippen LogP contribution in [0.2, 0.25) is 0 Å². The van der Waals surface area contributed by atoms with E-state index < -0.39 is 10.5 Å². The lowest BCUT2D eigenvalue weighted by Crippen LogP contribution is -2.50. The molecule has 8 nitrogen and oxygen atoms in total. The minimum Gasteiger partial charge on any atom is -0.444 e. The molecule has 1 saturated heterocycles. The number of aryl methyl sites for hydroxylation is 1. The SMILES string of the molecule is Cc1cc([N+](=O)[O-])ncc1N1CCN(C(=O)OC(C)(C)C)CC1. The van der Waals surface area contributed by atoms with Gasteiger partial charge in [0.2, 0.25) is 0 Å². The number of pyridine rings is 1. The number of hydrogen-bond acceptors (Lipinski definition) is 6. The van der Waals surface area contributed by atoms with Crippen molar-refractivity contribution in [2.45, 2.75) is 33.3 Å². The zero-order valence-corrected chi connectivity index (χ0v) is 13.9. The van der Waals surface area contributed by atoms with Gasteiger partial charge in [0.05, 0.1) is 5.69 Å². The fourth-order valence-corrected chi connectivity index (χ4v) is 2.42. The molecule has 0 aliphatic carbocycles. The minimum absolute atomic E-state index is 0.154. The highest BCUT2D eigenvalue weighted by Crippen LogP contribution is 2.23. The number of anilines is 1. The second kappa shape index (κ2) is 6.39. The molecule has 1 fully saturated rings. The molecule has 0 atom stereocenters. The number of piperazine rings is 1. The van der Waals surface area contributed by atoms with Crippen molar-refractivity contribution in [3.63, 3.8) is 0 Å². The summed E-state index contributed by atoms with van der Waals surface area (Å²) in [4.78, 5) is 29.9.